The molecule has 0 bridgehead atoms. The number of aromatic nitrogens is 2. The molecule has 0 saturated carbocycles. The largest absolute Gasteiger partial charge is 0.508 e. The summed E-state index contributed by atoms with van der Waals surface area (Å²) in [4.78, 5) is 16.3. The predicted octanol–water partition coefficient (Wildman–Crippen LogP) is 6.37. The van der Waals surface area contributed by atoms with Crippen molar-refractivity contribution >= 4 is 34.0 Å². The fourth-order valence-corrected chi connectivity index (χ4v) is 6.58. The van der Waals surface area contributed by atoms with E-state index >= 15 is 0 Å². The van der Waals surface area contributed by atoms with Gasteiger partial charge in [0.25, 0.3) is 5.91 Å². The first kappa shape index (κ1) is 31.6. The van der Waals surface area contributed by atoms with Crippen molar-refractivity contribution in [3.05, 3.63) is 101 Å². The molecule has 0 radical (unpaired) electrons. The number of phenolic OH excluding ortho intramolecular Hbond substituents is 1. The third kappa shape index (κ3) is 6.83. The normalized spacial score (nSPS) is 15.5. The van der Waals surface area contributed by atoms with Crippen LogP contribution in [-0.4, -0.2) is 66.6 Å². The Morgan fingerprint density at radius 3 is 2.52 bits per heavy atom. The quantitative estimate of drug-likeness (QED) is 0.133. The van der Waals surface area contributed by atoms with Gasteiger partial charge in [-0.2, -0.15) is 5.10 Å². The summed E-state index contributed by atoms with van der Waals surface area (Å²) in [5, 5.41) is 28.3. The number of carbonyl (C=O) groups is 1. The van der Waals surface area contributed by atoms with Crippen LogP contribution in [0.3, 0.4) is 0 Å². The van der Waals surface area contributed by atoms with Crippen LogP contribution in [0.1, 0.15) is 39.9 Å². The number of anilines is 3. The van der Waals surface area contributed by atoms with Gasteiger partial charge in [-0.25, -0.2) is 8.78 Å². The molecule has 1 amide bonds. The fraction of sp³-hybridized carbons (Fsp3) is 0.297. The van der Waals surface area contributed by atoms with E-state index in [0.717, 1.165) is 73.2 Å². The van der Waals surface area contributed by atoms with E-state index in [1.807, 2.05) is 37.3 Å². The highest BCUT2D eigenvalue weighted by Crippen LogP contribution is 2.35. The van der Waals surface area contributed by atoms with Gasteiger partial charge in [-0.15, -0.1) is 0 Å². The minimum Gasteiger partial charge on any atom is -0.508 e. The van der Waals surface area contributed by atoms with Gasteiger partial charge >= 0.3 is 0 Å². The molecule has 11 heteroatoms. The summed E-state index contributed by atoms with van der Waals surface area (Å²) >= 11 is 0. The zero-order chi connectivity index (χ0) is 33.2. The lowest BCUT2D eigenvalue weighted by Gasteiger charge is -2.31. The highest BCUT2D eigenvalue weighted by molar-refractivity contribution is 6.11. The van der Waals surface area contributed by atoms with E-state index in [-0.39, 0.29) is 24.1 Å². The summed E-state index contributed by atoms with van der Waals surface area (Å²) in [7, 11) is 0. The molecule has 4 aromatic carbocycles. The summed E-state index contributed by atoms with van der Waals surface area (Å²) in [6.07, 6.45) is 1.93. The number of amides is 1. The Balaban J connectivity index is 1.24. The molecule has 2 saturated heterocycles. The lowest BCUT2D eigenvalue weighted by Crippen LogP contribution is -2.43. The maximum Gasteiger partial charge on any atom is 0.258 e. The minimum absolute atomic E-state index is 0.173. The maximum atomic E-state index is 14.2. The van der Waals surface area contributed by atoms with Crippen LogP contribution in [0.25, 0.3) is 22.0 Å². The number of carbonyl (C=O) groups excluding carboxylic acids is 1. The number of aromatic amines is 1. The Morgan fingerprint density at radius 2 is 1.77 bits per heavy atom. The van der Waals surface area contributed by atoms with Crippen LogP contribution in [0.5, 0.6) is 5.75 Å². The molecule has 2 aliphatic rings. The van der Waals surface area contributed by atoms with Gasteiger partial charge in [-0.05, 0) is 109 Å². The summed E-state index contributed by atoms with van der Waals surface area (Å²) in [6.45, 7) is 6.74. The van der Waals surface area contributed by atoms with Crippen LogP contribution in [0.15, 0.2) is 66.7 Å². The third-order valence-corrected chi connectivity index (χ3v) is 9.15. The highest BCUT2D eigenvalue weighted by atomic mass is 19.1. The molecule has 248 valence electrons. The number of aryl methyl sites for hydroxylation is 1. The zero-order valence-corrected chi connectivity index (χ0v) is 26.7. The zero-order valence-electron chi connectivity index (χ0n) is 26.7. The lowest BCUT2D eigenvalue weighted by molar-refractivity contribution is 0.0904. The average Bonchev–Trinajstić information content (AvgIpc) is 3.47. The van der Waals surface area contributed by atoms with Crippen molar-refractivity contribution < 1.29 is 23.4 Å². The molecule has 3 heterocycles. The Morgan fingerprint density at radius 1 is 1.00 bits per heavy atom. The van der Waals surface area contributed by atoms with E-state index in [1.165, 1.54) is 12.1 Å². The second-order valence-electron chi connectivity index (χ2n) is 12.5. The summed E-state index contributed by atoms with van der Waals surface area (Å²) in [5.41, 5.74) is 6.56. The van der Waals surface area contributed by atoms with Gasteiger partial charge < -0.3 is 30.7 Å². The standard InChI is InChI=1S/C37H38F2N6O3/c1-22-14-24(2-5-35(22)46)31-21-34-32(18-25(31)15-23-16-26(38)19-27(39)17-23)36(44-43-34)42-37(47)30-4-3-29(45-10-8-40-9-11-45)20-33(30)41-28-6-12-48-13-7-28/h2-5,14,16-21,28,40-41,46H,6-13,15H2,1H3,(H2,42,43,44,47). The second kappa shape index (κ2) is 13.6. The van der Waals surface area contributed by atoms with Crippen LogP contribution in [0.2, 0.25) is 0 Å². The summed E-state index contributed by atoms with van der Waals surface area (Å²) < 4.78 is 33.9. The average molecular weight is 653 g/mol. The van der Waals surface area contributed by atoms with Gasteiger partial charge in [0.1, 0.15) is 17.4 Å². The van der Waals surface area contributed by atoms with E-state index < -0.39 is 11.6 Å². The second-order valence-corrected chi connectivity index (χ2v) is 12.5. The number of phenols is 1. The van der Waals surface area contributed by atoms with E-state index in [9.17, 15) is 18.7 Å². The molecule has 2 fully saturated rings. The fourth-order valence-electron chi connectivity index (χ4n) is 6.58. The van der Waals surface area contributed by atoms with Gasteiger partial charge in [-0.1, -0.05) is 6.07 Å². The Hall–Kier alpha value is -5.00. The number of benzene rings is 4. The number of hydrogen-bond acceptors (Lipinski definition) is 7. The third-order valence-electron chi connectivity index (χ3n) is 9.15. The van der Waals surface area contributed by atoms with E-state index in [2.05, 4.69) is 37.1 Å². The molecule has 0 unspecified atom stereocenters. The van der Waals surface area contributed by atoms with Crippen LogP contribution in [0.4, 0.5) is 26.0 Å². The van der Waals surface area contributed by atoms with E-state index in [1.54, 1.807) is 12.1 Å². The molecule has 0 spiro atoms. The van der Waals surface area contributed by atoms with Crippen LogP contribution >= 0.6 is 0 Å². The molecule has 0 aliphatic carbocycles. The smallest absolute Gasteiger partial charge is 0.258 e. The lowest BCUT2D eigenvalue weighted by atomic mass is 9.92. The van der Waals surface area contributed by atoms with E-state index in [0.29, 0.717) is 46.6 Å². The topological polar surface area (TPSA) is 115 Å². The predicted molar refractivity (Wildman–Crippen MR) is 184 cm³/mol. The molecular weight excluding hydrogens is 614 g/mol. The van der Waals surface area contributed by atoms with Gasteiger partial charge in [0, 0.05) is 68.3 Å². The number of halogens is 2. The number of nitrogens with zero attached hydrogens (tertiary/aromatic N) is 2. The SMILES string of the molecule is Cc1cc(-c2cc3[nH]nc(NC(=O)c4ccc(N5CCNCC5)cc4NC4CCOCC4)c3cc2Cc2cc(F)cc(F)c2)ccc1O. The highest BCUT2D eigenvalue weighted by Gasteiger charge is 2.22. The number of aromatic hydroxyl groups is 1. The van der Waals surface area contributed by atoms with Crippen molar-refractivity contribution in [1.29, 1.82) is 0 Å². The number of ether oxygens (including phenoxy) is 1. The van der Waals surface area contributed by atoms with Crippen molar-refractivity contribution in [1.82, 2.24) is 15.5 Å². The molecule has 48 heavy (non-hydrogen) atoms. The first-order chi connectivity index (χ1) is 23.3. The Kier molecular flexibility index (Phi) is 8.96. The molecule has 9 nitrogen and oxygen atoms in total. The molecule has 5 aromatic rings. The van der Waals surface area contributed by atoms with Gasteiger partial charge in [0.15, 0.2) is 5.82 Å². The van der Waals surface area contributed by atoms with Crippen molar-refractivity contribution in [2.75, 3.05) is 54.9 Å². The first-order valence-electron chi connectivity index (χ1n) is 16.3. The summed E-state index contributed by atoms with van der Waals surface area (Å²) in [5.74, 6) is -1.10. The van der Waals surface area contributed by atoms with Crippen molar-refractivity contribution in [2.24, 2.45) is 0 Å². The Labute approximate surface area is 277 Å². The van der Waals surface area contributed by atoms with Crippen molar-refractivity contribution in [3.63, 3.8) is 0 Å². The molecule has 2 aliphatic heterocycles. The monoisotopic (exact) mass is 652 g/mol. The molecular formula is C37H38F2N6O3. The van der Waals surface area contributed by atoms with E-state index in [4.69, 9.17) is 4.74 Å². The number of fused-ring (bicyclic) bond motifs is 1. The minimum atomic E-state index is -0.655. The molecule has 5 N–H and O–H groups in total. The van der Waals surface area contributed by atoms with Crippen LogP contribution in [-0.2, 0) is 11.2 Å². The number of hydrogen-bond donors (Lipinski definition) is 5. The molecule has 0 atom stereocenters. The van der Waals surface area contributed by atoms with Crippen molar-refractivity contribution in [2.45, 2.75) is 32.2 Å². The maximum absolute atomic E-state index is 14.2. The summed E-state index contributed by atoms with van der Waals surface area (Å²) in [6, 6.07) is 18.7. The molecule has 7 rings (SSSR count). The number of H-pyrrole nitrogens is 1. The first-order valence-corrected chi connectivity index (χ1v) is 16.3. The number of nitrogens with one attached hydrogen (secondary N) is 4. The number of piperazine rings is 1. The van der Waals surface area contributed by atoms with Gasteiger partial charge in [0.2, 0.25) is 0 Å². The van der Waals surface area contributed by atoms with Crippen LogP contribution < -0.4 is 20.9 Å². The number of rotatable bonds is 8. The molecule has 1 aromatic heterocycles. The Bertz CT molecular complexity index is 1950. The van der Waals surface area contributed by atoms with Gasteiger partial charge in [0.05, 0.1) is 11.1 Å². The van der Waals surface area contributed by atoms with Crippen molar-refractivity contribution in [3.8, 4) is 16.9 Å². The van der Waals surface area contributed by atoms with Crippen LogP contribution in [0, 0.1) is 18.6 Å². The van der Waals surface area contributed by atoms with Gasteiger partial charge in [-0.3, -0.25) is 9.89 Å².